The van der Waals surface area contributed by atoms with Crippen molar-refractivity contribution >= 4 is 39.9 Å². The fourth-order valence-electron chi connectivity index (χ4n) is 3.32. The lowest BCUT2D eigenvalue weighted by Gasteiger charge is -2.09. The van der Waals surface area contributed by atoms with Crippen molar-refractivity contribution in [3.05, 3.63) is 59.7 Å². The molecule has 1 amide bonds. The summed E-state index contributed by atoms with van der Waals surface area (Å²) in [6, 6.07) is 15.8. The number of nitrogens with one attached hydrogen (secondary N) is 1. The molecule has 2 aromatic heterocycles. The van der Waals surface area contributed by atoms with Crippen molar-refractivity contribution in [2.24, 2.45) is 0 Å². The number of aromatic nitrogens is 3. The number of aryl methyl sites for hydroxylation is 2. The van der Waals surface area contributed by atoms with E-state index in [0.717, 1.165) is 40.0 Å². The Labute approximate surface area is 173 Å². The van der Waals surface area contributed by atoms with Crippen LogP contribution in [0.15, 0.2) is 53.7 Å². The van der Waals surface area contributed by atoms with Gasteiger partial charge < -0.3 is 10.1 Å². The normalized spacial score (nSPS) is 11.1. The highest BCUT2D eigenvalue weighted by atomic mass is 32.2. The van der Waals surface area contributed by atoms with Gasteiger partial charge in [-0.15, -0.1) is 10.2 Å². The molecule has 0 atom stereocenters. The summed E-state index contributed by atoms with van der Waals surface area (Å²) in [4.78, 5) is 12.5. The summed E-state index contributed by atoms with van der Waals surface area (Å²) in [5.74, 6) is 0.938. The molecule has 2 heterocycles. The van der Waals surface area contributed by atoms with E-state index in [1.807, 2.05) is 59.9 Å². The number of benzene rings is 2. The lowest BCUT2D eigenvalue weighted by molar-refractivity contribution is -0.113. The molecule has 0 spiro atoms. The van der Waals surface area contributed by atoms with Gasteiger partial charge in [-0.2, -0.15) is 0 Å². The third-order valence-electron chi connectivity index (χ3n) is 4.83. The van der Waals surface area contributed by atoms with Crippen LogP contribution < -0.4 is 10.1 Å². The molecule has 7 heteroatoms. The number of pyridine rings is 1. The smallest absolute Gasteiger partial charge is 0.234 e. The van der Waals surface area contributed by atoms with Gasteiger partial charge in [0.15, 0.2) is 10.8 Å². The molecular formula is C22H22N4O2S. The number of ether oxygens (including phenoxy) is 1. The second-order valence-electron chi connectivity index (χ2n) is 6.78. The molecule has 0 saturated heterocycles. The molecule has 4 aromatic rings. The maximum Gasteiger partial charge on any atom is 0.234 e. The summed E-state index contributed by atoms with van der Waals surface area (Å²) >= 11 is 1.36. The summed E-state index contributed by atoms with van der Waals surface area (Å²) < 4.78 is 7.36. The van der Waals surface area contributed by atoms with Gasteiger partial charge in [0.1, 0.15) is 5.75 Å². The van der Waals surface area contributed by atoms with Gasteiger partial charge in [-0.05, 0) is 54.8 Å². The molecule has 148 valence electrons. The average Bonchev–Trinajstić information content (AvgIpc) is 3.15. The molecule has 4 rings (SSSR count). The average molecular weight is 407 g/mol. The van der Waals surface area contributed by atoms with Gasteiger partial charge in [0.05, 0.1) is 18.4 Å². The van der Waals surface area contributed by atoms with E-state index in [1.54, 1.807) is 7.11 Å². The summed E-state index contributed by atoms with van der Waals surface area (Å²) in [5, 5.41) is 13.3. The second kappa shape index (κ2) is 8.13. The van der Waals surface area contributed by atoms with Gasteiger partial charge in [-0.1, -0.05) is 30.8 Å². The van der Waals surface area contributed by atoms with Crippen LogP contribution >= 0.6 is 11.8 Å². The van der Waals surface area contributed by atoms with Crippen LogP contribution in [0, 0.1) is 6.92 Å². The van der Waals surface area contributed by atoms with Gasteiger partial charge in [-0.3, -0.25) is 9.20 Å². The van der Waals surface area contributed by atoms with Gasteiger partial charge >= 0.3 is 0 Å². The maximum absolute atomic E-state index is 12.5. The molecule has 0 bridgehead atoms. The fraction of sp³-hybridized carbons (Fsp3) is 0.227. The number of fused-ring (bicyclic) bond motifs is 3. The maximum atomic E-state index is 12.5. The number of amides is 1. The van der Waals surface area contributed by atoms with Crippen LogP contribution in [-0.2, 0) is 11.2 Å². The largest absolute Gasteiger partial charge is 0.497 e. The minimum absolute atomic E-state index is 0.0750. The van der Waals surface area contributed by atoms with Crippen LogP contribution in [0.25, 0.3) is 16.6 Å². The van der Waals surface area contributed by atoms with E-state index in [-0.39, 0.29) is 11.7 Å². The second-order valence-corrected chi connectivity index (χ2v) is 7.72. The van der Waals surface area contributed by atoms with Crippen molar-refractivity contribution in [3.8, 4) is 5.75 Å². The Morgan fingerprint density at radius 1 is 1.17 bits per heavy atom. The first-order valence-corrected chi connectivity index (χ1v) is 10.4. The van der Waals surface area contributed by atoms with E-state index in [4.69, 9.17) is 4.74 Å². The highest BCUT2D eigenvalue weighted by Crippen LogP contribution is 2.28. The monoisotopic (exact) mass is 406 g/mol. The minimum Gasteiger partial charge on any atom is -0.497 e. The first kappa shape index (κ1) is 19.3. The van der Waals surface area contributed by atoms with Gasteiger partial charge in [0.25, 0.3) is 0 Å². The third kappa shape index (κ3) is 3.91. The Kier molecular flexibility index (Phi) is 5.40. The number of thioether (sulfide) groups is 1. The summed E-state index contributed by atoms with van der Waals surface area (Å²) in [6.07, 6.45) is 0.931. The zero-order chi connectivity index (χ0) is 20.4. The molecule has 0 saturated carbocycles. The number of methoxy groups -OCH3 is 1. The molecule has 0 fully saturated rings. The van der Waals surface area contributed by atoms with Crippen molar-refractivity contribution in [1.82, 2.24) is 14.6 Å². The summed E-state index contributed by atoms with van der Waals surface area (Å²) in [5.41, 5.74) is 4.83. The van der Waals surface area contributed by atoms with Gasteiger partial charge in [-0.25, -0.2) is 0 Å². The van der Waals surface area contributed by atoms with E-state index in [9.17, 15) is 4.79 Å². The Bertz CT molecular complexity index is 1200. The quantitative estimate of drug-likeness (QED) is 0.478. The molecule has 2 aromatic carbocycles. The number of anilines is 1. The number of hydrogen-bond acceptors (Lipinski definition) is 5. The predicted octanol–water partition coefficient (Wildman–Crippen LogP) is 4.49. The summed E-state index contributed by atoms with van der Waals surface area (Å²) in [6.45, 7) is 4.14. The molecule has 0 unspecified atom stereocenters. The Morgan fingerprint density at radius 3 is 2.83 bits per heavy atom. The van der Waals surface area contributed by atoms with Crippen LogP contribution in [0.5, 0.6) is 5.75 Å². The van der Waals surface area contributed by atoms with Crippen LogP contribution in [0.4, 0.5) is 5.69 Å². The van der Waals surface area contributed by atoms with Crippen molar-refractivity contribution in [2.75, 3.05) is 18.2 Å². The number of nitrogens with zero attached hydrogens (tertiary/aromatic N) is 3. The Balaban J connectivity index is 1.59. The number of carbonyl (C=O) groups excluding carboxylic acids is 1. The van der Waals surface area contributed by atoms with Crippen LogP contribution in [0.3, 0.4) is 0 Å². The highest BCUT2D eigenvalue weighted by molar-refractivity contribution is 7.99. The molecule has 0 radical (unpaired) electrons. The van der Waals surface area contributed by atoms with Gasteiger partial charge in [0.2, 0.25) is 5.91 Å². The fourth-order valence-corrected chi connectivity index (χ4v) is 4.07. The Morgan fingerprint density at radius 2 is 2.03 bits per heavy atom. The molecule has 0 aliphatic heterocycles. The zero-order valence-electron chi connectivity index (χ0n) is 16.6. The number of carbonyl (C=O) groups is 1. The molecule has 29 heavy (non-hydrogen) atoms. The van der Waals surface area contributed by atoms with E-state index < -0.39 is 0 Å². The molecule has 6 nitrogen and oxygen atoms in total. The number of rotatable bonds is 6. The third-order valence-corrected chi connectivity index (χ3v) is 5.75. The lowest BCUT2D eigenvalue weighted by Crippen LogP contribution is -2.14. The minimum atomic E-state index is -0.0750. The zero-order valence-corrected chi connectivity index (χ0v) is 17.4. The van der Waals surface area contributed by atoms with Crippen molar-refractivity contribution in [1.29, 1.82) is 0 Å². The van der Waals surface area contributed by atoms with Crippen molar-refractivity contribution in [3.63, 3.8) is 0 Å². The lowest BCUT2D eigenvalue weighted by atomic mass is 10.1. The Hall–Kier alpha value is -3.06. The first-order chi connectivity index (χ1) is 14.1. The van der Waals surface area contributed by atoms with Crippen molar-refractivity contribution < 1.29 is 9.53 Å². The van der Waals surface area contributed by atoms with E-state index in [2.05, 4.69) is 22.4 Å². The van der Waals surface area contributed by atoms with Crippen LogP contribution in [0.1, 0.15) is 18.1 Å². The standard InChI is InChI=1S/C22H22N4O2S/c1-4-15-6-5-7-16(11-15)23-21(27)13-29-22-25-24-20-10-14(2)18-9-8-17(28-3)12-19(18)26(20)22/h5-12H,4,13H2,1-3H3,(H,23,27). The predicted molar refractivity (Wildman–Crippen MR) is 117 cm³/mol. The van der Waals surface area contributed by atoms with Crippen LogP contribution in [0.2, 0.25) is 0 Å². The van der Waals surface area contributed by atoms with E-state index in [1.165, 1.54) is 17.3 Å². The van der Waals surface area contributed by atoms with E-state index >= 15 is 0 Å². The molecular weight excluding hydrogens is 384 g/mol. The topological polar surface area (TPSA) is 68.5 Å². The van der Waals surface area contributed by atoms with E-state index in [0.29, 0.717) is 5.16 Å². The summed E-state index contributed by atoms with van der Waals surface area (Å²) in [7, 11) is 1.65. The molecule has 1 N–H and O–H groups in total. The highest BCUT2D eigenvalue weighted by Gasteiger charge is 2.14. The number of hydrogen-bond donors (Lipinski definition) is 1. The SMILES string of the molecule is CCc1cccc(NC(=O)CSc2nnc3cc(C)c4ccc(OC)cc4n23)c1. The first-order valence-electron chi connectivity index (χ1n) is 9.43. The molecule has 0 aliphatic carbocycles. The van der Waals surface area contributed by atoms with Crippen molar-refractivity contribution in [2.45, 2.75) is 25.4 Å². The van der Waals surface area contributed by atoms with Crippen LogP contribution in [-0.4, -0.2) is 33.4 Å². The van der Waals surface area contributed by atoms with Gasteiger partial charge in [0, 0.05) is 17.1 Å². The molecule has 0 aliphatic rings.